The molecule has 0 aromatic carbocycles. The van der Waals surface area contributed by atoms with Gasteiger partial charge in [-0.1, -0.05) is 6.42 Å². The van der Waals surface area contributed by atoms with Gasteiger partial charge in [0, 0.05) is 19.1 Å². The Morgan fingerprint density at radius 3 is 2.40 bits per heavy atom. The van der Waals surface area contributed by atoms with Crippen molar-refractivity contribution < 1.29 is 14.7 Å². The Balaban J connectivity index is 1.40. The van der Waals surface area contributed by atoms with Gasteiger partial charge >= 0.3 is 5.97 Å². The van der Waals surface area contributed by atoms with Crippen LogP contribution in [0.5, 0.6) is 0 Å². The van der Waals surface area contributed by atoms with Crippen molar-refractivity contribution in [2.45, 2.75) is 44.6 Å². The topological polar surface area (TPSA) is 69.6 Å². The summed E-state index contributed by atoms with van der Waals surface area (Å²) in [5, 5.41) is 12.4. The Bertz CT molecular complexity index is 391. The van der Waals surface area contributed by atoms with Gasteiger partial charge in [-0.25, -0.2) is 0 Å². The van der Waals surface area contributed by atoms with Gasteiger partial charge in [0.05, 0.1) is 12.5 Å². The van der Waals surface area contributed by atoms with Crippen LogP contribution in [0.4, 0.5) is 0 Å². The minimum Gasteiger partial charge on any atom is -0.481 e. The summed E-state index contributed by atoms with van der Waals surface area (Å²) < 4.78 is 0. The number of aliphatic carboxylic acids is 1. The maximum Gasteiger partial charge on any atom is 0.306 e. The third kappa shape index (κ3) is 2.82. The first-order chi connectivity index (χ1) is 9.63. The highest BCUT2D eigenvalue weighted by molar-refractivity contribution is 5.79. The SMILES string of the molecule is O=C(O)C1CCN(C(=O)CNC2CC3CCC2C3)CC1. The van der Waals surface area contributed by atoms with Crippen molar-refractivity contribution in [3.8, 4) is 0 Å². The predicted molar refractivity (Wildman–Crippen MR) is 74.2 cm³/mol. The van der Waals surface area contributed by atoms with E-state index in [2.05, 4.69) is 5.32 Å². The second-order valence-electron chi connectivity index (χ2n) is 6.66. The molecule has 3 rings (SSSR count). The lowest BCUT2D eigenvalue weighted by atomic mass is 9.95. The van der Waals surface area contributed by atoms with Crippen molar-refractivity contribution in [3.63, 3.8) is 0 Å². The third-order valence-corrected chi connectivity index (χ3v) is 5.45. The first-order valence-corrected chi connectivity index (χ1v) is 7.87. The van der Waals surface area contributed by atoms with Crippen LogP contribution in [0.2, 0.25) is 0 Å². The van der Waals surface area contributed by atoms with Gasteiger partial charge in [-0.3, -0.25) is 9.59 Å². The van der Waals surface area contributed by atoms with Gasteiger partial charge < -0.3 is 15.3 Å². The number of carboxylic acid groups (broad SMARTS) is 1. The van der Waals surface area contributed by atoms with Gasteiger partial charge in [0.2, 0.25) is 5.91 Å². The van der Waals surface area contributed by atoms with E-state index in [9.17, 15) is 9.59 Å². The Hall–Kier alpha value is -1.10. The summed E-state index contributed by atoms with van der Waals surface area (Å²) >= 11 is 0. The van der Waals surface area contributed by atoms with Crippen LogP contribution < -0.4 is 5.32 Å². The van der Waals surface area contributed by atoms with E-state index < -0.39 is 5.97 Å². The number of carboxylic acids is 1. The monoisotopic (exact) mass is 280 g/mol. The summed E-state index contributed by atoms with van der Waals surface area (Å²) in [5.41, 5.74) is 0. The summed E-state index contributed by atoms with van der Waals surface area (Å²) in [7, 11) is 0. The molecule has 2 bridgehead atoms. The molecule has 20 heavy (non-hydrogen) atoms. The predicted octanol–water partition coefficient (Wildman–Crippen LogP) is 1.09. The molecule has 1 aliphatic heterocycles. The molecule has 3 unspecified atom stereocenters. The van der Waals surface area contributed by atoms with E-state index in [4.69, 9.17) is 5.11 Å². The fourth-order valence-electron chi connectivity index (χ4n) is 4.20. The number of carbonyl (C=O) groups excluding carboxylic acids is 1. The number of amides is 1. The van der Waals surface area contributed by atoms with Crippen LogP contribution in [0, 0.1) is 17.8 Å². The van der Waals surface area contributed by atoms with E-state index in [0.29, 0.717) is 38.5 Å². The number of likely N-dealkylation sites (tertiary alicyclic amines) is 1. The minimum absolute atomic E-state index is 0.136. The van der Waals surface area contributed by atoms with Gasteiger partial charge in [0.15, 0.2) is 0 Å². The molecule has 5 nitrogen and oxygen atoms in total. The molecule has 112 valence electrons. The fourth-order valence-corrected chi connectivity index (χ4v) is 4.20. The number of hydrogen-bond acceptors (Lipinski definition) is 3. The maximum atomic E-state index is 12.2. The lowest BCUT2D eigenvalue weighted by Crippen LogP contribution is -2.46. The number of nitrogens with one attached hydrogen (secondary N) is 1. The van der Waals surface area contributed by atoms with Crippen LogP contribution in [0.1, 0.15) is 38.5 Å². The number of nitrogens with zero attached hydrogens (tertiary/aromatic N) is 1. The van der Waals surface area contributed by atoms with Gasteiger partial charge in [-0.2, -0.15) is 0 Å². The lowest BCUT2D eigenvalue weighted by molar-refractivity contribution is -0.145. The van der Waals surface area contributed by atoms with Gasteiger partial charge in [-0.15, -0.1) is 0 Å². The van der Waals surface area contributed by atoms with Crippen molar-refractivity contribution in [2.75, 3.05) is 19.6 Å². The highest BCUT2D eigenvalue weighted by atomic mass is 16.4. The minimum atomic E-state index is -0.725. The van der Waals surface area contributed by atoms with Crippen molar-refractivity contribution in [1.29, 1.82) is 0 Å². The Morgan fingerprint density at radius 1 is 1.10 bits per heavy atom. The lowest BCUT2D eigenvalue weighted by Gasteiger charge is -2.31. The molecule has 3 fully saturated rings. The third-order valence-electron chi connectivity index (χ3n) is 5.45. The average Bonchev–Trinajstić information content (AvgIpc) is 3.07. The molecule has 1 amide bonds. The summed E-state index contributed by atoms with van der Waals surface area (Å²) in [5.74, 6) is 0.816. The van der Waals surface area contributed by atoms with Gasteiger partial charge in [0.25, 0.3) is 0 Å². The van der Waals surface area contributed by atoms with Crippen LogP contribution in [0.15, 0.2) is 0 Å². The van der Waals surface area contributed by atoms with E-state index in [-0.39, 0.29) is 11.8 Å². The summed E-state index contributed by atoms with van der Waals surface area (Å²) in [4.78, 5) is 24.9. The summed E-state index contributed by atoms with van der Waals surface area (Å²) in [6.45, 7) is 1.61. The smallest absolute Gasteiger partial charge is 0.306 e. The largest absolute Gasteiger partial charge is 0.481 e. The molecule has 0 aromatic rings. The summed E-state index contributed by atoms with van der Waals surface area (Å²) in [6.07, 6.45) is 6.46. The molecule has 0 radical (unpaired) electrons. The molecule has 1 saturated heterocycles. The number of fused-ring (bicyclic) bond motifs is 2. The van der Waals surface area contributed by atoms with Crippen LogP contribution in [-0.2, 0) is 9.59 Å². The van der Waals surface area contributed by atoms with Gasteiger partial charge in [-0.05, 0) is 43.9 Å². The quantitative estimate of drug-likeness (QED) is 0.809. The number of carbonyl (C=O) groups is 2. The molecular weight excluding hydrogens is 256 g/mol. The van der Waals surface area contributed by atoms with Crippen LogP contribution in [0.25, 0.3) is 0 Å². The Morgan fingerprint density at radius 2 is 1.85 bits per heavy atom. The van der Waals surface area contributed by atoms with Crippen molar-refractivity contribution in [3.05, 3.63) is 0 Å². The van der Waals surface area contributed by atoms with Crippen molar-refractivity contribution in [2.24, 2.45) is 17.8 Å². The molecule has 3 atom stereocenters. The molecule has 1 heterocycles. The number of piperidine rings is 1. The highest BCUT2D eigenvalue weighted by Crippen LogP contribution is 2.44. The van der Waals surface area contributed by atoms with Crippen molar-refractivity contribution >= 4 is 11.9 Å². The Kier molecular flexibility index (Phi) is 3.96. The van der Waals surface area contributed by atoms with Crippen LogP contribution in [-0.4, -0.2) is 47.6 Å². The molecule has 2 saturated carbocycles. The van der Waals surface area contributed by atoms with Crippen molar-refractivity contribution in [1.82, 2.24) is 10.2 Å². The van der Waals surface area contributed by atoms with E-state index in [1.807, 2.05) is 4.90 Å². The van der Waals surface area contributed by atoms with E-state index in [1.54, 1.807) is 0 Å². The van der Waals surface area contributed by atoms with E-state index in [0.717, 1.165) is 11.8 Å². The average molecular weight is 280 g/mol. The zero-order valence-electron chi connectivity index (χ0n) is 11.9. The van der Waals surface area contributed by atoms with E-state index >= 15 is 0 Å². The molecule has 0 aromatic heterocycles. The summed E-state index contributed by atoms with van der Waals surface area (Å²) in [6, 6.07) is 0.536. The maximum absolute atomic E-state index is 12.2. The van der Waals surface area contributed by atoms with Gasteiger partial charge in [0.1, 0.15) is 0 Å². The first-order valence-electron chi connectivity index (χ1n) is 7.87. The zero-order chi connectivity index (χ0) is 14.1. The van der Waals surface area contributed by atoms with Crippen LogP contribution in [0.3, 0.4) is 0 Å². The first kappa shape index (κ1) is 13.9. The molecule has 5 heteroatoms. The Labute approximate surface area is 119 Å². The number of rotatable bonds is 4. The fraction of sp³-hybridized carbons (Fsp3) is 0.867. The van der Waals surface area contributed by atoms with Crippen LogP contribution >= 0.6 is 0 Å². The normalized spacial score (nSPS) is 33.6. The zero-order valence-corrected chi connectivity index (χ0v) is 11.9. The molecule has 2 aliphatic carbocycles. The molecular formula is C15H24N2O3. The molecule has 0 spiro atoms. The number of hydrogen-bond donors (Lipinski definition) is 2. The standard InChI is InChI=1S/C15H24N2O3/c18-14(17-5-3-11(4-6-17)15(19)20)9-16-13-8-10-1-2-12(13)7-10/h10-13,16H,1-9H2,(H,19,20). The second kappa shape index (κ2) is 5.72. The molecule has 2 N–H and O–H groups in total. The second-order valence-corrected chi connectivity index (χ2v) is 6.66. The highest BCUT2D eigenvalue weighted by Gasteiger charge is 2.39. The molecule has 3 aliphatic rings. The van der Waals surface area contributed by atoms with E-state index in [1.165, 1.54) is 25.7 Å².